The minimum absolute atomic E-state index is 0.0186. The second-order valence-electron chi connectivity index (χ2n) is 9.66. The molecule has 2 aliphatic rings. The fourth-order valence-electron chi connectivity index (χ4n) is 4.77. The van der Waals surface area contributed by atoms with E-state index in [1.165, 1.54) is 0 Å². The molecule has 8 heteroatoms. The average Bonchev–Trinajstić information content (AvgIpc) is 3.17. The molecule has 2 heterocycles. The summed E-state index contributed by atoms with van der Waals surface area (Å²) in [6.45, 7) is 12.2. The minimum atomic E-state index is -0.704. The first kappa shape index (κ1) is 27.4. The molecule has 2 fully saturated rings. The second-order valence-corrected chi connectivity index (χ2v) is 9.66. The molecule has 8 nitrogen and oxygen atoms in total. The first-order valence-electron chi connectivity index (χ1n) is 13.1. The summed E-state index contributed by atoms with van der Waals surface area (Å²) in [7, 11) is 0. The van der Waals surface area contributed by atoms with Crippen LogP contribution in [0.25, 0.3) is 5.76 Å². The van der Waals surface area contributed by atoms with Crippen LogP contribution < -0.4 is 9.47 Å². The SMILES string of the molecule is C=CCOc1ccc(/C(O)=C2\C(=O)C(=O)N(CCCN3CCOCC3)[C@H]2c2ccc(OC(C)C)cc2)cc1. The van der Waals surface area contributed by atoms with Gasteiger partial charge in [-0.3, -0.25) is 14.5 Å². The topological polar surface area (TPSA) is 88.5 Å². The molecule has 1 N–H and O–H groups in total. The Balaban J connectivity index is 1.64. The molecule has 2 saturated heterocycles. The summed E-state index contributed by atoms with van der Waals surface area (Å²) in [6, 6.07) is 13.4. The number of nitrogens with zero attached hydrogens (tertiary/aromatic N) is 2. The van der Waals surface area contributed by atoms with Crippen LogP contribution in [0, 0.1) is 0 Å². The van der Waals surface area contributed by atoms with Gasteiger partial charge in [-0.15, -0.1) is 0 Å². The summed E-state index contributed by atoms with van der Waals surface area (Å²) >= 11 is 0. The van der Waals surface area contributed by atoms with Crippen LogP contribution in [0.4, 0.5) is 0 Å². The van der Waals surface area contributed by atoms with E-state index in [-0.39, 0.29) is 17.4 Å². The van der Waals surface area contributed by atoms with E-state index in [9.17, 15) is 14.7 Å². The number of likely N-dealkylation sites (tertiary alicyclic amines) is 1. The van der Waals surface area contributed by atoms with E-state index in [0.29, 0.717) is 49.8 Å². The number of carbonyl (C=O) groups is 2. The van der Waals surface area contributed by atoms with Gasteiger partial charge in [0, 0.05) is 31.7 Å². The van der Waals surface area contributed by atoms with E-state index in [2.05, 4.69) is 11.5 Å². The second kappa shape index (κ2) is 12.8. The summed E-state index contributed by atoms with van der Waals surface area (Å²) in [5.41, 5.74) is 1.25. The van der Waals surface area contributed by atoms with E-state index in [1.54, 1.807) is 35.2 Å². The van der Waals surface area contributed by atoms with Crippen molar-refractivity contribution in [2.45, 2.75) is 32.4 Å². The van der Waals surface area contributed by atoms with Crippen molar-refractivity contribution in [3.8, 4) is 11.5 Å². The van der Waals surface area contributed by atoms with Gasteiger partial charge in [0.25, 0.3) is 11.7 Å². The zero-order chi connectivity index (χ0) is 27.1. The number of amides is 1. The summed E-state index contributed by atoms with van der Waals surface area (Å²) in [6.07, 6.45) is 2.37. The lowest BCUT2D eigenvalue weighted by Crippen LogP contribution is -2.38. The molecule has 0 bridgehead atoms. The molecule has 1 amide bonds. The first-order chi connectivity index (χ1) is 18.4. The Kier molecular flexibility index (Phi) is 9.20. The summed E-state index contributed by atoms with van der Waals surface area (Å²) in [5.74, 6) is -0.187. The van der Waals surface area contributed by atoms with E-state index < -0.39 is 17.7 Å². The maximum absolute atomic E-state index is 13.3. The Morgan fingerprint density at radius 2 is 1.71 bits per heavy atom. The molecule has 4 rings (SSSR count). The molecule has 0 saturated carbocycles. The zero-order valence-electron chi connectivity index (χ0n) is 22.1. The molecule has 0 radical (unpaired) electrons. The highest BCUT2D eigenvalue weighted by Crippen LogP contribution is 2.40. The molecule has 1 atom stereocenters. The quantitative estimate of drug-likeness (QED) is 0.206. The Morgan fingerprint density at radius 3 is 2.34 bits per heavy atom. The highest BCUT2D eigenvalue weighted by Gasteiger charge is 2.45. The van der Waals surface area contributed by atoms with Crippen LogP contribution in [0.1, 0.15) is 37.4 Å². The molecule has 202 valence electrons. The van der Waals surface area contributed by atoms with Crippen molar-refractivity contribution in [2.24, 2.45) is 0 Å². The molecule has 0 aliphatic carbocycles. The maximum Gasteiger partial charge on any atom is 0.295 e. The van der Waals surface area contributed by atoms with Crippen LogP contribution in [0.5, 0.6) is 11.5 Å². The van der Waals surface area contributed by atoms with Crippen molar-refractivity contribution >= 4 is 17.4 Å². The third-order valence-corrected chi connectivity index (χ3v) is 6.58. The molecule has 2 aliphatic heterocycles. The van der Waals surface area contributed by atoms with Gasteiger partial charge in [0.1, 0.15) is 23.9 Å². The van der Waals surface area contributed by atoms with Crippen molar-refractivity contribution in [2.75, 3.05) is 46.0 Å². The number of hydrogen-bond donors (Lipinski definition) is 1. The third kappa shape index (κ3) is 6.44. The predicted molar refractivity (Wildman–Crippen MR) is 145 cm³/mol. The van der Waals surface area contributed by atoms with Gasteiger partial charge in [-0.2, -0.15) is 0 Å². The highest BCUT2D eigenvalue weighted by atomic mass is 16.5. The molecule has 0 aromatic heterocycles. The number of rotatable bonds is 11. The number of morpholine rings is 1. The number of ketones is 1. The van der Waals surface area contributed by atoms with Crippen LogP contribution in [0.2, 0.25) is 0 Å². The maximum atomic E-state index is 13.3. The fraction of sp³-hybridized carbons (Fsp3) is 0.400. The van der Waals surface area contributed by atoms with Gasteiger partial charge < -0.3 is 24.2 Å². The van der Waals surface area contributed by atoms with Crippen molar-refractivity contribution in [1.29, 1.82) is 0 Å². The van der Waals surface area contributed by atoms with Crippen LogP contribution in [0.3, 0.4) is 0 Å². The monoisotopic (exact) mass is 520 g/mol. The molecule has 0 unspecified atom stereocenters. The van der Waals surface area contributed by atoms with Gasteiger partial charge in [0.15, 0.2) is 0 Å². The van der Waals surface area contributed by atoms with Gasteiger partial charge in [0.05, 0.1) is 30.9 Å². The van der Waals surface area contributed by atoms with E-state index in [0.717, 1.165) is 25.2 Å². The average molecular weight is 521 g/mol. The fourth-order valence-corrected chi connectivity index (χ4v) is 4.77. The van der Waals surface area contributed by atoms with E-state index >= 15 is 0 Å². The molecular weight excluding hydrogens is 484 g/mol. The van der Waals surface area contributed by atoms with Crippen molar-refractivity contribution in [3.63, 3.8) is 0 Å². The molecule has 2 aromatic carbocycles. The van der Waals surface area contributed by atoms with Gasteiger partial charge in [-0.1, -0.05) is 24.8 Å². The normalized spacial score (nSPS) is 19.7. The number of Topliss-reactive ketones (excluding diaryl/α,β-unsaturated/α-hetero) is 1. The number of aliphatic hydroxyl groups excluding tert-OH is 1. The van der Waals surface area contributed by atoms with Gasteiger partial charge in [0.2, 0.25) is 0 Å². The van der Waals surface area contributed by atoms with Crippen molar-refractivity contribution < 1.29 is 28.9 Å². The number of carbonyl (C=O) groups excluding carboxylic acids is 2. The molecular formula is C30H36N2O6. The standard InChI is InChI=1S/C30H36N2O6/c1-4-18-37-24-10-8-23(9-11-24)28(33)26-27(22-6-12-25(13-7-22)38-21(2)3)32(30(35)29(26)34)15-5-14-31-16-19-36-20-17-31/h4,6-13,21,27,33H,1,5,14-20H2,2-3H3/b28-26+/t27-/m0/s1. The van der Waals surface area contributed by atoms with Crippen molar-refractivity contribution in [1.82, 2.24) is 9.80 Å². The van der Waals surface area contributed by atoms with Crippen LogP contribution in [-0.2, 0) is 14.3 Å². The lowest BCUT2D eigenvalue weighted by atomic mass is 9.95. The van der Waals surface area contributed by atoms with E-state index in [1.807, 2.05) is 38.1 Å². The Bertz CT molecular complexity index is 1150. The van der Waals surface area contributed by atoms with Crippen molar-refractivity contribution in [3.05, 3.63) is 77.9 Å². The Morgan fingerprint density at radius 1 is 1.05 bits per heavy atom. The lowest BCUT2D eigenvalue weighted by Gasteiger charge is -2.29. The number of aliphatic hydroxyl groups is 1. The van der Waals surface area contributed by atoms with Crippen LogP contribution >= 0.6 is 0 Å². The third-order valence-electron chi connectivity index (χ3n) is 6.58. The summed E-state index contributed by atoms with van der Waals surface area (Å²) in [5, 5.41) is 11.3. The first-order valence-corrected chi connectivity index (χ1v) is 13.1. The zero-order valence-corrected chi connectivity index (χ0v) is 22.1. The number of hydrogen-bond acceptors (Lipinski definition) is 7. The molecule has 38 heavy (non-hydrogen) atoms. The Hall–Kier alpha value is -3.62. The van der Waals surface area contributed by atoms with Crippen LogP contribution in [0.15, 0.2) is 66.8 Å². The summed E-state index contributed by atoms with van der Waals surface area (Å²) < 4.78 is 16.7. The van der Waals surface area contributed by atoms with Gasteiger partial charge in [-0.25, -0.2) is 0 Å². The van der Waals surface area contributed by atoms with Gasteiger partial charge >= 0.3 is 0 Å². The predicted octanol–water partition coefficient (Wildman–Crippen LogP) is 4.18. The summed E-state index contributed by atoms with van der Waals surface area (Å²) in [4.78, 5) is 30.4. The molecule has 2 aromatic rings. The Labute approximate surface area is 224 Å². The molecule has 0 spiro atoms. The smallest absolute Gasteiger partial charge is 0.295 e. The highest BCUT2D eigenvalue weighted by molar-refractivity contribution is 6.46. The number of ether oxygens (including phenoxy) is 3. The van der Waals surface area contributed by atoms with Gasteiger partial charge in [-0.05, 0) is 62.2 Å². The van der Waals surface area contributed by atoms with E-state index in [4.69, 9.17) is 14.2 Å². The minimum Gasteiger partial charge on any atom is -0.507 e. The largest absolute Gasteiger partial charge is 0.507 e. The number of benzene rings is 2. The van der Waals surface area contributed by atoms with Crippen LogP contribution in [-0.4, -0.2) is 78.7 Å². The lowest BCUT2D eigenvalue weighted by molar-refractivity contribution is -0.140.